The number of fused-ring (bicyclic) bond motifs is 1. The molecule has 0 saturated heterocycles. The number of quaternary nitrogens is 1. The van der Waals surface area contributed by atoms with Gasteiger partial charge in [0.05, 0.1) is 11.1 Å². The molecule has 2 nitrogen and oxygen atoms in total. The summed E-state index contributed by atoms with van der Waals surface area (Å²) in [7, 11) is 0. The fourth-order valence-corrected chi connectivity index (χ4v) is 5.77. The van der Waals surface area contributed by atoms with Crippen molar-refractivity contribution in [1.82, 2.24) is 4.48 Å². The van der Waals surface area contributed by atoms with Crippen molar-refractivity contribution >= 4 is 17.4 Å². The zero-order valence-electron chi connectivity index (χ0n) is 17.6. The number of hydrogen-bond acceptors (Lipinski definition) is 2. The Balaban J connectivity index is 0.00000245. The molecule has 5 rings (SSSR count). The first-order valence-electron chi connectivity index (χ1n) is 10.4. The monoisotopic (exact) mass is 501 g/mol. The lowest BCUT2D eigenvalue weighted by Crippen LogP contribution is -3.00. The van der Waals surface area contributed by atoms with Crippen LogP contribution in [0.25, 0.3) is 0 Å². The van der Waals surface area contributed by atoms with Gasteiger partial charge < -0.3 is 21.7 Å². The molecule has 0 N–H and O–H groups in total. The summed E-state index contributed by atoms with van der Waals surface area (Å²) in [6, 6.07) is 37.7. The largest absolute Gasteiger partial charge is 1.00 e. The number of hydrogen-bond donors (Lipinski definition) is 0. The predicted octanol–water partition coefficient (Wildman–Crippen LogP) is 4.94. The quantitative estimate of drug-likeness (QED) is 0.346. The third kappa shape index (κ3) is 4.26. The fourth-order valence-electron chi connectivity index (χ4n) is 4.25. The Morgan fingerprint density at radius 2 is 1.44 bits per heavy atom. The molecule has 4 aromatic carbocycles. The maximum atomic E-state index is 6.09. The van der Waals surface area contributed by atoms with Gasteiger partial charge in [-0.05, 0) is 36.9 Å². The lowest BCUT2D eigenvalue weighted by atomic mass is 10.1. The smallest absolute Gasteiger partial charge is 0.175 e. The Morgan fingerprint density at radius 1 is 0.781 bits per heavy atom. The predicted molar refractivity (Wildman–Crippen MR) is 130 cm³/mol. The number of halogens is 1. The molecule has 1 aliphatic rings. The van der Waals surface area contributed by atoms with Crippen LogP contribution in [0.5, 0.6) is 11.5 Å². The lowest BCUT2D eigenvalue weighted by molar-refractivity contribution is -0.00000659. The van der Waals surface area contributed by atoms with Gasteiger partial charge >= 0.3 is 0 Å². The summed E-state index contributed by atoms with van der Waals surface area (Å²) in [5.41, 5.74) is 3.82. The van der Waals surface area contributed by atoms with Gasteiger partial charge in [-0.15, -0.1) is 0 Å². The third-order valence-corrected chi connectivity index (χ3v) is 7.17. The molecule has 0 radical (unpaired) electrons. The van der Waals surface area contributed by atoms with Crippen LogP contribution in [-0.2, 0) is 6.54 Å². The molecule has 1 heterocycles. The van der Waals surface area contributed by atoms with Gasteiger partial charge in [-0.1, -0.05) is 84.6 Å². The Hall–Kier alpha value is -2.79. The Kier molecular flexibility index (Phi) is 6.85. The van der Waals surface area contributed by atoms with E-state index in [1.807, 2.05) is 48.2 Å². The second-order valence-electron chi connectivity index (χ2n) is 7.68. The first kappa shape index (κ1) is 22.4. The summed E-state index contributed by atoms with van der Waals surface area (Å²) in [5.74, 6) is 1.69. The molecule has 0 amide bonds. The van der Waals surface area contributed by atoms with Crippen molar-refractivity contribution < 1.29 is 21.7 Å². The van der Waals surface area contributed by atoms with Crippen molar-refractivity contribution in [2.75, 3.05) is 0 Å². The molecule has 1 aliphatic heterocycles. The second-order valence-corrected chi connectivity index (χ2v) is 8.80. The van der Waals surface area contributed by atoms with E-state index >= 15 is 0 Å². The van der Waals surface area contributed by atoms with Crippen LogP contribution in [0.3, 0.4) is 0 Å². The van der Waals surface area contributed by atoms with Crippen molar-refractivity contribution in [2.45, 2.75) is 16.8 Å². The average molecular weight is 502 g/mol. The maximum Gasteiger partial charge on any atom is 0.175 e. The second kappa shape index (κ2) is 9.78. The normalized spacial score (nSPS) is 18.9. The highest BCUT2D eigenvalue weighted by Gasteiger charge is 2.47. The standard InChI is InChI=1S/C28H24NOS.BrH/c1-2-29(21-22-12-11-17-25(20-22)30-24-15-7-4-8-16-24)26-18-9-10-19-27(26)31-28(29)23-13-5-3-6-14-23;/h2-20,28H,1,21H2;1H/q+1;/p-1. The van der Waals surface area contributed by atoms with E-state index in [0.29, 0.717) is 4.48 Å². The summed E-state index contributed by atoms with van der Waals surface area (Å²) in [4.78, 5) is 1.31. The van der Waals surface area contributed by atoms with Crippen molar-refractivity contribution in [3.63, 3.8) is 0 Å². The first-order chi connectivity index (χ1) is 15.3. The lowest BCUT2D eigenvalue weighted by Gasteiger charge is -2.36. The van der Waals surface area contributed by atoms with Crippen LogP contribution in [-0.4, -0.2) is 0 Å². The van der Waals surface area contributed by atoms with Crippen LogP contribution in [0.4, 0.5) is 5.69 Å². The summed E-state index contributed by atoms with van der Waals surface area (Å²) in [5, 5.41) is 0.217. The van der Waals surface area contributed by atoms with E-state index in [2.05, 4.69) is 85.6 Å². The summed E-state index contributed by atoms with van der Waals surface area (Å²) in [6.45, 7) is 5.11. The zero-order valence-corrected chi connectivity index (χ0v) is 20.0. The molecule has 0 saturated carbocycles. The molecular formula is C28H24BrNOS. The minimum atomic E-state index is 0. The topological polar surface area (TPSA) is 9.23 Å². The molecular weight excluding hydrogens is 478 g/mol. The Morgan fingerprint density at radius 3 is 2.19 bits per heavy atom. The number of para-hydroxylation sites is 2. The molecule has 0 aliphatic carbocycles. The molecule has 0 fully saturated rings. The third-order valence-electron chi connectivity index (χ3n) is 5.70. The average Bonchev–Trinajstić information content (AvgIpc) is 3.15. The van der Waals surface area contributed by atoms with E-state index < -0.39 is 0 Å². The van der Waals surface area contributed by atoms with E-state index in [4.69, 9.17) is 4.74 Å². The van der Waals surface area contributed by atoms with Crippen LogP contribution in [0.15, 0.2) is 127 Å². The molecule has 160 valence electrons. The SMILES string of the molecule is C=C[N+]1(Cc2cccc(Oc3ccccc3)c2)c2ccccc2SC1c1ccccc1.[Br-]. The zero-order chi connectivity index (χ0) is 21.1. The fraction of sp³-hybridized carbons (Fsp3) is 0.0714. The summed E-state index contributed by atoms with van der Waals surface area (Å²) < 4.78 is 6.76. The van der Waals surface area contributed by atoms with Gasteiger partial charge in [-0.3, -0.25) is 0 Å². The highest BCUT2D eigenvalue weighted by Crippen LogP contribution is 2.57. The number of ether oxygens (including phenoxy) is 1. The van der Waals surface area contributed by atoms with E-state index in [9.17, 15) is 0 Å². The Bertz CT molecular complexity index is 1200. The van der Waals surface area contributed by atoms with Crippen molar-refractivity contribution in [3.05, 3.63) is 133 Å². The van der Waals surface area contributed by atoms with Crippen LogP contribution < -0.4 is 26.2 Å². The molecule has 0 bridgehead atoms. The van der Waals surface area contributed by atoms with E-state index in [-0.39, 0.29) is 22.4 Å². The van der Waals surface area contributed by atoms with Crippen LogP contribution in [0.1, 0.15) is 16.5 Å². The molecule has 2 unspecified atom stereocenters. The molecule has 4 aromatic rings. The van der Waals surface area contributed by atoms with E-state index in [0.717, 1.165) is 18.0 Å². The molecule has 0 spiro atoms. The highest BCUT2D eigenvalue weighted by molar-refractivity contribution is 8.00. The number of thioether (sulfide) groups is 1. The number of nitrogens with zero attached hydrogens (tertiary/aromatic N) is 1. The number of rotatable bonds is 6. The molecule has 32 heavy (non-hydrogen) atoms. The van der Waals surface area contributed by atoms with Crippen LogP contribution in [0.2, 0.25) is 0 Å². The van der Waals surface area contributed by atoms with E-state index in [1.165, 1.54) is 21.7 Å². The Labute approximate surface area is 204 Å². The summed E-state index contributed by atoms with van der Waals surface area (Å²) in [6.07, 6.45) is 2.10. The van der Waals surface area contributed by atoms with Crippen molar-refractivity contribution in [1.29, 1.82) is 0 Å². The van der Waals surface area contributed by atoms with Gasteiger partial charge in [-0.2, -0.15) is 0 Å². The van der Waals surface area contributed by atoms with Gasteiger partial charge in [0.2, 0.25) is 0 Å². The number of benzene rings is 4. The molecule has 4 heteroatoms. The molecule has 2 atom stereocenters. The van der Waals surface area contributed by atoms with Crippen LogP contribution in [0, 0.1) is 0 Å². The van der Waals surface area contributed by atoms with Gasteiger partial charge in [-0.25, -0.2) is 4.48 Å². The minimum Gasteiger partial charge on any atom is -1.00 e. The summed E-state index contributed by atoms with van der Waals surface area (Å²) >= 11 is 1.92. The van der Waals surface area contributed by atoms with Gasteiger partial charge in [0, 0.05) is 17.2 Å². The minimum absolute atomic E-state index is 0. The highest BCUT2D eigenvalue weighted by atomic mass is 79.9. The van der Waals surface area contributed by atoms with Gasteiger partial charge in [0.25, 0.3) is 0 Å². The molecule has 0 aromatic heterocycles. The van der Waals surface area contributed by atoms with Crippen LogP contribution >= 0.6 is 11.8 Å². The van der Waals surface area contributed by atoms with Crippen molar-refractivity contribution in [3.8, 4) is 11.5 Å². The first-order valence-corrected chi connectivity index (χ1v) is 11.3. The van der Waals surface area contributed by atoms with Crippen molar-refractivity contribution in [2.24, 2.45) is 0 Å². The maximum absolute atomic E-state index is 6.09. The van der Waals surface area contributed by atoms with Gasteiger partial charge in [0.15, 0.2) is 11.1 Å². The van der Waals surface area contributed by atoms with Gasteiger partial charge in [0.1, 0.15) is 18.0 Å². The van der Waals surface area contributed by atoms with E-state index in [1.54, 1.807) is 0 Å².